The molecule has 0 aliphatic heterocycles. The fourth-order valence-corrected chi connectivity index (χ4v) is 2.38. The van der Waals surface area contributed by atoms with Gasteiger partial charge >= 0.3 is 0 Å². The van der Waals surface area contributed by atoms with E-state index in [0.717, 1.165) is 0 Å². The quantitative estimate of drug-likeness (QED) is 0.929. The summed E-state index contributed by atoms with van der Waals surface area (Å²) in [4.78, 5) is 23.2. The van der Waals surface area contributed by atoms with Crippen LogP contribution in [0.15, 0.2) is 24.3 Å². The van der Waals surface area contributed by atoms with E-state index in [9.17, 15) is 9.59 Å². The molecule has 0 spiro atoms. The smallest absolute Gasteiger partial charge is 0.260 e. The van der Waals surface area contributed by atoms with E-state index < -0.39 is 6.10 Å². The van der Waals surface area contributed by atoms with Crippen LogP contribution in [0.4, 0.5) is 0 Å². The molecular formula is C15H18ClNO3. The molecule has 1 aliphatic rings. The molecule has 1 aliphatic carbocycles. The Balaban J connectivity index is 1.84. The first-order chi connectivity index (χ1) is 9.54. The molecule has 20 heavy (non-hydrogen) atoms. The van der Waals surface area contributed by atoms with Gasteiger partial charge in [-0.2, -0.15) is 0 Å². The van der Waals surface area contributed by atoms with Gasteiger partial charge in [0.25, 0.3) is 5.91 Å². The summed E-state index contributed by atoms with van der Waals surface area (Å²) in [7, 11) is 0. The van der Waals surface area contributed by atoms with Crippen molar-refractivity contribution in [2.45, 2.75) is 44.8 Å². The van der Waals surface area contributed by atoms with E-state index in [2.05, 4.69) is 5.32 Å². The van der Waals surface area contributed by atoms with Crippen molar-refractivity contribution in [1.29, 1.82) is 0 Å². The standard InChI is InChI=1S/C15H18ClNO3/c1-10(20-14-4-2-3-11(16)9-14)15(19)17-12-5-7-13(18)8-6-12/h2-4,9-10,12H,5-8H2,1H3,(H,17,19). The Hall–Kier alpha value is -1.55. The van der Waals surface area contributed by atoms with Gasteiger partial charge in [0.05, 0.1) is 0 Å². The second kappa shape index (κ2) is 6.75. The van der Waals surface area contributed by atoms with Crippen LogP contribution in [0, 0.1) is 0 Å². The van der Waals surface area contributed by atoms with E-state index in [1.165, 1.54) is 0 Å². The molecule has 2 rings (SSSR count). The Morgan fingerprint density at radius 3 is 2.75 bits per heavy atom. The number of Topliss-reactive ketones (excluding diaryl/α,β-unsaturated/α-hetero) is 1. The van der Waals surface area contributed by atoms with Crippen LogP contribution in [0.5, 0.6) is 5.75 Å². The highest BCUT2D eigenvalue weighted by atomic mass is 35.5. The number of halogens is 1. The van der Waals surface area contributed by atoms with Gasteiger partial charge in [0.15, 0.2) is 6.10 Å². The molecule has 4 nitrogen and oxygen atoms in total. The van der Waals surface area contributed by atoms with Crippen molar-refractivity contribution < 1.29 is 14.3 Å². The number of carbonyl (C=O) groups is 2. The Kier molecular flexibility index (Phi) is 5.01. The fraction of sp³-hybridized carbons (Fsp3) is 0.467. The largest absolute Gasteiger partial charge is 0.481 e. The van der Waals surface area contributed by atoms with Crippen LogP contribution in [0.25, 0.3) is 0 Å². The van der Waals surface area contributed by atoms with Crippen molar-refractivity contribution in [3.05, 3.63) is 29.3 Å². The minimum Gasteiger partial charge on any atom is -0.481 e. The van der Waals surface area contributed by atoms with Gasteiger partial charge in [-0.05, 0) is 38.0 Å². The first kappa shape index (κ1) is 14.9. The van der Waals surface area contributed by atoms with Crippen molar-refractivity contribution in [3.8, 4) is 5.75 Å². The molecule has 1 amide bonds. The van der Waals surface area contributed by atoms with Crippen LogP contribution in [-0.4, -0.2) is 23.8 Å². The maximum atomic E-state index is 12.0. The third-order valence-electron chi connectivity index (χ3n) is 3.37. The highest BCUT2D eigenvalue weighted by Gasteiger charge is 2.23. The lowest BCUT2D eigenvalue weighted by Crippen LogP contribution is -2.44. The van der Waals surface area contributed by atoms with Crippen molar-refractivity contribution in [2.24, 2.45) is 0 Å². The zero-order chi connectivity index (χ0) is 14.5. The van der Waals surface area contributed by atoms with E-state index in [1.54, 1.807) is 31.2 Å². The first-order valence-corrected chi connectivity index (χ1v) is 7.16. The molecule has 0 radical (unpaired) electrons. The van der Waals surface area contributed by atoms with E-state index in [1.807, 2.05) is 0 Å². The highest BCUT2D eigenvalue weighted by Crippen LogP contribution is 2.19. The zero-order valence-corrected chi connectivity index (χ0v) is 12.2. The Morgan fingerprint density at radius 1 is 1.40 bits per heavy atom. The van der Waals surface area contributed by atoms with Gasteiger partial charge in [-0.15, -0.1) is 0 Å². The number of benzene rings is 1. The molecule has 0 saturated heterocycles. The Bertz CT molecular complexity index is 494. The summed E-state index contributed by atoms with van der Waals surface area (Å²) in [6, 6.07) is 7.03. The summed E-state index contributed by atoms with van der Waals surface area (Å²) in [5, 5.41) is 3.50. The highest BCUT2D eigenvalue weighted by molar-refractivity contribution is 6.30. The average molecular weight is 296 g/mol. The molecule has 0 aromatic heterocycles. The molecule has 108 valence electrons. The molecular weight excluding hydrogens is 278 g/mol. The topological polar surface area (TPSA) is 55.4 Å². The van der Waals surface area contributed by atoms with E-state index in [0.29, 0.717) is 36.5 Å². The average Bonchev–Trinajstić information content (AvgIpc) is 2.41. The van der Waals surface area contributed by atoms with Gasteiger partial charge in [0.1, 0.15) is 11.5 Å². The molecule has 0 heterocycles. The molecule has 0 bridgehead atoms. The van der Waals surface area contributed by atoms with Crippen molar-refractivity contribution >= 4 is 23.3 Å². The maximum absolute atomic E-state index is 12.0. The van der Waals surface area contributed by atoms with Gasteiger partial charge in [-0.1, -0.05) is 17.7 Å². The van der Waals surface area contributed by atoms with Gasteiger partial charge in [0.2, 0.25) is 0 Å². The van der Waals surface area contributed by atoms with Crippen LogP contribution in [-0.2, 0) is 9.59 Å². The lowest BCUT2D eigenvalue weighted by atomic mass is 9.94. The van der Waals surface area contributed by atoms with E-state index in [-0.39, 0.29) is 17.7 Å². The molecule has 5 heteroatoms. The summed E-state index contributed by atoms with van der Waals surface area (Å²) in [6.45, 7) is 1.70. The summed E-state index contributed by atoms with van der Waals surface area (Å²) < 4.78 is 5.56. The number of hydrogen-bond acceptors (Lipinski definition) is 3. The maximum Gasteiger partial charge on any atom is 0.260 e. The second-order valence-electron chi connectivity index (χ2n) is 5.04. The monoisotopic (exact) mass is 295 g/mol. The zero-order valence-electron chi connectivity index (χ0n) is 11.4. The minimum atomic E-state index is -0.592. The molecule has 1 atom stereocenters. The molecule has 1 N–H and O–H groups in total. The predicted molar refractivity (Wildman–Crippen MR) is 76.9 cm³/mol. The van der Waals surface area contributed by atoms with Crippen molar-refractivity contribution in [1.82, 2.24) is 5.32 Å². The number of rotatable bonds is 4. The van der Waals surface area contributed by atoms with Gasteiger partial charge in [-0.25, -0.2) is 0 Å². The number of carbonyl (C=O) groups excluding carboxylic acids is 2. The second-order valence-corrected chi connectivity index (χ2v) is 5.48. The number of amides is 1. The molecule has 1 aromatic rings. The van der Waals surface area contributed by atoms with E-state index in [4.69, 9.17) is 16.3 Å². The van der Waals surface area contributed by atoms with Crippen LogP contribution in [0.3, 0.4) is 0 Å². The van der Waals surface area contributed by atoms with Crippen molar-refractivity contribution in [3.63, 3.8) is 0 Å². The van der Waals surface area contributed by atoms with Crippen LogP contribution >= 0.6 is 11.6 Å². The molecule has 1 saturated carbocycles. The molecule has 1 fully saturated rings. The third kappa shape index (κ3) is 4.23. The summed E-state index contributed by atoms with van der Waals surface area (Å²) >= 11 is 5.86. The first-order valence-electron chi connectivity index (χ1n) is 6.79. The predicted octanol–water partition coefficient (Wildman–Crippen LogP) is 2.74. The van der Waals surface area contributed by atoms with E-state index >= 15 is 0 Å². The number of hydrogen-bond donors (Lipinski definition) is 1. The van der Waals surface area contributed by atoms with Gasteiger partial charge in [0, 0.05) is 23.9 Å². The van der Waals surface area contributed by atoms with Gasteiger partial charge in [-0.3, -0.25) is 9.59 Å². The number of ether oxygens (including phenoxy) is 1. The van der Waals surface area contributed by atoms with Crippen molar-refractivity contribution in [2.75, 3.05) is 0 Å². The summed E-state index contributed by atoms with van der Waals surface area (Å²) in [5.41, 5.74) is 0. The number of nitrogens with one attached hydrogen (secondary N) is 1. The summed E-state index contributed by atoms with van der Waals surface area (Å²) in [5.74, 6) is 0.682. The van der Waals surface area contributed by atoms with Crippen LogP contribution < -0.4 is 10.1 Å². The lowest BCUT2D eigenvalue weighted by Gasteiger charge is -2.24. The van der Waals surface area contributed by atoms with Crippen LogP contribution in [0.2, 0.25) is 5.02 Å². The SMILES string of the molecule is CC(Oc1cccc(Cl)c1)C(=O)NC1CCC(=O)CC1. The third-order valence-corrected chi connectivity index (χ3v) is 3.60. The summed E-state index contributed by atoms with van der Waals surface area (Å²) in [6.07, 6.45) is 1.94. The fourth-order valence-electron chi connectivity index (χ4n) is 2.20. The minimum absolute atomic E-state index is 0.0746. The molecule has 1 aromatic carbocycles. The lowest BCUT2D eigenvalue weighted by molar-refractivity contribution is -0.129. The Labute approximate surface area is 123 Å². The number of ketones is 1. The molecule has 1 unspecified atom stereocenters. The Morgan fingerprint density at radius 2 is 2.10 bits per heavy atom. The normalized spacial score (nSPS) is 17.6. The van der Waals surface area contributed by atoms with Gasteiger partial charge < -0.3 is 10.1 Å². The van der Waals surface area contributed by atoms with Crippen LogP contribution in [0.1, 0.15) is 32.6 Å².